The molecule has 1 fully saturated rings. The van der Waals surface area contributed by atoms with E-state index in [2.05, 4.69) is 10.2 Å². The quantitative estimate of drug-likeness (QED) is 0.838. The topological polar surface area (TPSA) is 44.8 Å². The Morgan fingerprint density at radius 2 is 2.13 bits per heavy atom. The minimum Gasteiger partial charge on any atom is -0.377 e. The van der Waals surface area contributed by atoms with Crippen LogP contribution in [0.2, 0.25) is 0 Å². The largest absolute Gasteiger partial charge is 0.377 e. The van der Waals surface area contributed by atoms with Gasteiger partial charge in [-0.3, -0.25) is 0 Å². The van der Waals surface area contributed by atoms with Gasteiger partial charge in [0.1, 0.15) is 0 Å². The van der Waals surface area contributed by atoms with Crippen LogP contribution in [-0.4, -0.2) is 56.2 Å². The van der Waals surface area contributed by atoms with Crippen LogP contribution in [0.3, 0.4) is 0 Å². The Kier molecular flexibility index (Phi) is 6.86. The summed E-state index contributed by atoms with van der Waals surface area (Å²) >= 11 is 0. The number of anilines is 1. The van der Waals surface area contributed by atoms with E-state index in [4.69, 9.17) is 4.74 Å². The van der Waals surface area contributed by atoms with Crippen molar-refractivity contribution in [1.82, 2.24) is 9.80 Å². The third kappa shape index (κ3) is 5.52. The number of hydrogen-bond donors (Lipinski definition) is 1. The molecule has 1 aliphatic heterocycles. The van der Waals surface area contributed by atoms with Crippen LogP contribution < -0.4 is 5.32 Å². The van der Waals surface area contributed by atoms with Crippen LogP contribution >= 0.6 is 0 Å². The fourth-order valence-electron chi connectivity index (χ4n) is 2.86. The lowest BCUT2D eigenvalue weighted by Crippen LogP contribution is -2.34. The number of urea groups is 1. The minimum atomic E-state index is -0.0614. The molecule has 23 heavy (non-hydrogen) atoms. The summed E-state index contributed by atoms with van der Waals surface area (Å²) in [5.74, 6) is 0. The molecule has 1 saturated heterocycles. The van der Waals surface area contributed by atoms with Crippen molar-refractivity contribution in [3.8, 4) is 0 Å². The molecule has 1 aromatic rings. The molecule has 2 rings (SSSR count). The number of carbonyl (C=O) groups is 1. The molecule has 1 N–H and O–H groups in total. The van der Waals surface area contributed by atoms with Gasteiger partial charge in [0.2, 0.25) is 0 Å². The van der Waals surface area contributed by atoms with Gasteiger partial charge >= 0.3 is 6.03 Å². The summed E-state index contributed by atoms with van der Waals surface area (Å²) in [6, 6.07) is 7.75. The summed E-state index contributed by atoms with van der Waals surface area (Å²) in [6.07, 6.45) is 3.66. The Balaban J connectivity index is 1.78. The van der Waals surface area contributed by atoms with Crippen LogP contribution in [0.1, 0.15) is 37.9 Å². The number of nitrogens with one attached hydrogen (secondary N) is 1. The summed E-state index contributed by atoms with van der Waals surface area (Å²) in [5, 5.41) is 2.96. The van der Waals surface area contributed by atoms with Crippen molar-refractivity contribution < 1.29 is 9.53 Å². The zero-order valence-corrected chi connectivity index (χ0v) is 14.5. The molecule has 0 aliphatic carbocycles. The summed E-state index contributed by atoms with van der Waals surface area (Å²) < 4.78 is 5.32. The fourth-order valence-corrected chi connectivity index (χ4v) is 2.86. The van der Waals surface area contributed by atoms with Gasteiger partial charge in [0.05, 0.1) is 6.10 Å². The Hall–Kier alpha value is -1.59. The van der Waals surface area contributed by atoms with Crippen molar-refractivity contribution in [1.29, 1.82) is 0 Å². The predicted molar refractivity (Wildman–Crippen MR) is 93.8 cm³/mol. The molecule has 5 nitrogen and oxygen atoms in total. The van der Waals surface area contributed by atoms with Crippen molar-refractivity contribution in [3.63, 3.8) is 0 Å². The van der Waals surface area contributed by atoms with E-state index in [9.17, 15) is 4.79 Å². The number of likely N-dealkylation sites (tertiary alicyclic amines) is 1. The number of methoxy groups -OCH3 is 1. The summed E-state index contributed by atoms with van der Waals surface area (Å²) in [7, 11) is 3.53. The van der Waals surface area contributed by atoms with Gasteiger partial charge in [0.25, 0.3) is 0 Å². The van der Waals surface area contributed by atoms with Gasteiger partial charge in [-0.15, -0.1) is 0 Å². The fraction of sp³-hybridized carbons (Fsp3) is 0.611. The van der Waals surface area contributed by atoms with Gasteiger partial charge in [-0.25, -0.2) is 4.79 Å². The van der Waals surface area contributed by atoms with Gasteiger partial charge < -0.3 is 19.9 Å². The van der Waals surface area contributed by atoms with Gasteiger partial charge in [-0.05, 0) is 63.5 Å². The normalized spacial score (nSPS) is 16.3. The Labute approximate surface area is 139 Å². The maximum atomic E-state index is 12.3. The second kappa shape index (κ2) is 8.89. The highest BCUT2D eigenvalue weighted by Crippen LogP contribution is 2.19. The molecule has 0 spiro atoms. The lowest BCUT2D eigenvalue weighted by atomic mass is 10.1. The zero-order chi connectivity index (χ0) is 16.7. The first-order chi connectivity index (χ1) is 11.1. The first kappa shape index (κ1) is 17.8. The van der Waals surface area contributed by atoms with E-state index in [-0.39, 0.29) is 12.1 Å². The van der Waals surface area contributed by atoms with E-state index in [0.29, 0.717) is 0 Å². The zero-order valence-electron chi connectivity index (χ0n) is 14.5. The van der Waals surface area contributed by atoms with Crippen LogP contribution in [0.4, 0.5) is 10.5 Å². The van der Waals surface area contributed by atoms with E-state index >= 15 is 0 Å². The molecule has 0 aromatic heterocycles. The summed E-state index contributed by atoms with van der Waals surface area (Å²) in [6.45, 7) is 6.27. The molecule has 5 heteroatoms. The molecule has 1 atom stereocenters. The molecule has 0 saturated carbocycles. The summed E-state index contributed by atoms with van der Waals surface area (Å²) in [5.41, 5.74) is 1.87. The average molecular weight is 319 g/mol. The maximum Gasteiger partial charge on any atom is 0.321 e. The smallest absolute Gasteiger partial charge is 0.321 e. The van der Waals surface area contributed by atoms with E-state index < -0.39 is 0 Å². The third-order valence-corrected chi connectivity index (χ3v) is 4.47. The van der Waals surface area contributed by atoms with Crippen molar-refractivity contribution in [2.75, 3.05) is 45.7 Å². The molecular weight excluding hydrogens is 290 g/mol. The number of ether oxygens (including phenoxy) is 1. The number of amides is 2. The first-order valence-electron chi connectivity index (χ1n) is 8.47. The molecule has 0 bridgehead atoms. The van der Waals surface area contributed by atoms with Crippen molar-refractivity contribution in [3.05, 3.63) is 29.8 Å². The second-order valence-electron chi connectivity index (χ2n) is 6.26. The van der Waals surface area contributed by atoms with Gasteiger partial charge in [0.15, 0.2) is 0 Å². The van der Waals surface area contributed by atoms with Crippen molar-refractivity contribution >= 4 is 11.7 Å². The van der Waals surface area contributed by atoms with E-state index in [1.807, 2.05) is 38.2 Å². The van der Waals surface area contributed by atoms with Crippen molar-refractivity contribution in [2.24, 2.45) is 0 Å². The molecule has 128 valence electrons. The first-order valence-corrected chi connectivity index (χ1v) is 8.47. The molecule has 1 aliphatic rings. The van der Waals surface area contributed by atoms with Crippen LogP contribution in [-0.2, 0) is 4.74 Å². The molecular formula is C18H29N3O2. The number of benzene rings is 1. The number of nitrogens with zero attached hydrogens (tertiary/aromatic N) is 2. The third-order valence-electron chi connectivity index (χ3n) is 4.47. The van der Waals surface area contributed by atoms with E-state index in [1.165, 1.54) is 25.9 Å². The van der Waals surface area contributed by atoms with E-state index in [0.717, 1.165) is 30.8 Å². The number of hydrogen-bond acceptors (Lipinski definition) is 3. The van der Waals surface area contributed by atoms with Crippen LogP contribution in [0.15, 0.2) is 24.3 Å². The monoisotopic (exact) mass is 319 g/mol. The highest BCUT2D eigenvalue weighted by atomic mass is 16.5. The maximum absolute atomic E-state index is 12.3. The Bertz CT molecular complexity index is 501. The standard InChI is InChI=1S/C18H29N3O2/c1-15(23-3)16-8-6-9-17(14-16)19-18(22)20(2)10-7-13-21-11-4-5-12-21/h6,8-9,14-15H,4-5,7,10-13H2,1-3H3,(H,19,22). The van der Waals surface area contributed by atoms with Gasteiger partial charge in [0, 0.05) is 26.4 Å². The molecule has 0 radical (unpaired) electrons. The lowest BCUT2D eigenvalue weighted by Gasteiger charge is -2.20. The molecule has 2 amide bonds. The van der Waals surface area contributed by atoms with Crippen LogP contribution in [0, 0.1) is 0 Å². The second-order valence-corrected chi connectivity index (χ2v) is 6.26. The molecule has 1 aromatic carbocycles. The highest BCUT2D eigenvalue weighted by Gasteiger charge is 2.13. The number of carbonyl (C=O) groups excluding carboxylic acids is 1. The molecule has 1 unspecified atom stereocenters. The minimum absolute atomic E-state index is 0.0186. The Morgan fingerprint density at radius 1 is 1.39 bits per heavy atom. The molecule has 1 heterocycles. The highest BCUT2D eigenvalue weighted by molar-refractivity contribution is 5.89. The predicted octanol–water partition coefficient (Wildman–Crippen LogP) is 3.34. The van der Waals surface area contributed by atoms with Crippen LogP contribution in [0.25, 0.3) is 0 Å². The van der Waals surface area contributed by atoms with Crippen LogP contribution in [0.5, 0.6) is 0 Å². The Morgan fingerprint density at radius 3 is 2.83 bits per heavy atom. The van der Waals surface area contributed by atoms with Gasteiger partial charge in [-0.2, -0.15) is 0 Å². The summed E-state index contributed by atoms with van der Waals surface area (Å²) in [4.78, 5) is 16.5. The average Bonchev–Trinajstić information content (AvgIpc) is 3.07. The van der Waals surface area contributed by atoms with E-state index in [1.54, 1.807) is 12.0 Å². The number of rotatable bonds is 7. The SMILES string of the molecule is COC(C)c1cccc(NC(=O)N(C)CCCN2CCCC2)c1. The van der Waals surface area contributed by atoms with Gasteiger partial charge in [-0.1, -0.05) is 12.1 Å². The lowest BCUT2D eigenvalue weighted by molar-refractivity contribution is 0.119. The van der Waals surface area contributed by atoms with Crippen molar-refractivity contribution in [2.45, 2.75) is 32.3 Å².